The van der Waals surface area contributed by atoms with Crippen molar-refractivity contribution >= 4 is 10.0 Å². The number of sulfonamides is 1. The molecule has 1 rings (SSSR count). The predicted molar refractivity (Wildman–Crippen MR) is 66.6 cm³/mol. The second kappa shape index (κ2) is 5.46. The second-order valence-electron chi connectivity index (χ2n) is 4.05. The highest BCUT2D eigenvalue weighted by molar-refractivity contribution is 7.88. The fourth-order valence-electron chi connectivity index (χ4n) is 1.57. The van der Waals surface area contributed by atoms with E-state index in [0.717, 1.165) is 12.0 Å². The van der Waals surface area contributed by atoms with Crippen LogP contribution in [0, 0.1) is 0 Å². The largest absolute Gasteiger partial charge is 0.212 e. The van der Waals surface area contributed by atoms with Crippen molar-refractivity contribution in [2.24, 2.45) is 0 Å². The molecule has 1 aromatic rings. The minimum absolute atomic E-state index is 0.0372. The molecule has 0 fully saturated rings. The molecule has 0 aliphatic rings. The van der Waals surface area contributed by atoms with Crippen LogP contribution in [0.2, 0.25) is 0 Å². The van der Waals surface area contributed by atoms with Crippen LogP contribution in [0.4, 0.5) is 0 Å². The highest BCUT2D eigenvalue weighted by Gasteiger charge is 2.21. The molecule has 0 amide bonds. The Bertz CT molecular complexity index is 414. The molecule has 0 heterocycles. The summed E-state index contributed by atoms with van der Waals surface area (Å²) in [5, 5.41) is 0. The van der Waals surface area contributed by atoms with E-state index in [-0.39, 0.29) is 6.04 Å². The molecule has 0 saturated heterocycles. The first-order valence-corrected chi connectivity index (χ1v) is 7.30. The molecule has 3 nitrogen and oxygen atoms in total. The number of rotatable bonds is 5. The third-order valence-corrected chi connectivity index (χ3v) is 4.03. The van der Waals surface area contributed by atoms with E-state index >= 15 is 0 Å². The lowest BCUT2D eigenvalue weighted by atomic mass is 10.2. The minimum atomic E-state index is -3.14. The van der Waals surface area contributed by atoms with Crippen LogP contribution in [0.5, 0.6) is 0 Å². The van der Waals surface area contributed by atoms with E-state index in [1.165, 1.54) is 6.26 Å². The fourth-order valence-corrected chi connectivity index (χ4v) is 2.75. The number of hydrogen-bond donors (Lipinski definition) is 0. The van der Waals surface area contributed by atoms with Crippen LogP contribution in [0.25, 0.3) is 0 Å². The molecule has 90 valence electrons. The average molecular weight is 241 g/mol. The maximum absolute atomic E-state index is 11.7. The van der Waals surface area contributed by atoms with E-state index in [1.54, 1.807) is 4.31 Å². The molecule has 16 heavy (non-hydrogen) atoms. The van der Waals surface area contributed by atoms with Crippen LogP contribution >= 0.6 is 0 Å². The summed E-state index contributed by atoms with van der Waals surface area (Å²) in [6.45, 7) is 4.38. The molecule has 1 aromatic carbocycles. The maximum Gasteiger partial charge on any atom is 0.211 e. The molecule has 0 aliphatic carbocycles. The lowest BCUT2D eigenvalue weighted by Crippen LogP contribution is -2.36. The third kappa shape index (κ3) is 3.61. The predicted octanol–water partition coefficient (Wildman–Crippen LogP) is 2.25. The van der Waals surface area contributed by atoms with Gasteiger partial charge in [0.15, 0.2) is 0 Å². The van der Waals surface area contributed by atoms with Crippen LogP contribution < -0.4 is 0 Å². The van der Waals surface area contributed by atoms with Gasteiger partial charge >= 0.3 is 0 Å². The Labute approximate surface area is 98.1 Å². The van der Waals surface area contributed by atoms with Gasteiger partial charge in [-0.15, -0.1) is 0 Å². The summed E-state index contributed by atoms with van der Waals surface area (Å²) >= 11 is 0. The molecule has 0 spiro atoms. The summed E-state index contributed by atoms with van der Waals surface area (Å²) in [5.74, 6) is 0. The first-order chi connectivity index (χ1) is 7.45. The van der Waals surface area contributed by atoms with Gasteiger partial charge in [0.2, 0.25) is 10.0 Å². The lowest BCUT2D eigenvalue weighted by molar-refractivity contribution is 0.325. The van der Waals surface area contributed by atoms with E-state index in [1.807, 2.05) is 44.2 Å². The Morgan fingerprint density at radius 2 is 1.81 bits per heavy atom. The van der Waals surface area contributed by atoms with Crippen LogP contribution in [-0.4, -0.2) is 25.0 Å². The summed E-state index contributed by atoms with van der Waals surface area (Å²) < 4.78 is 24.9. The van der Waals surface area contributed by atoms with Crippen molar-refractivity contribution in [1.82, 2.24) is 4.31 Å². The van der Waals surface area contributed by atoms with Gasteiger partial charge in [-0.05, 0) is 18.9 Å². The number of hydrogen-bond acceptors (Lipinski definition) is 2. The topological polar surface area (TPSA) is 37.4 Å². The Morgan fingerprint density at radius 1 is 1.25 bits per heavy atom. The monoisotopic (exact) mass is 241 g/mol. The highest BCUT2D eigenvalue weighted by atomic mass is 32.2. The van der Waals surface area contributed by atoms with E-state index in [4.69, 9.17) is 0 Å². The van der Waals surface area contributed by atoms with Gasteiger partial charge in [0, 0.05) is 12.6 Å². The van der Waals surface area contributed by atoms with E-state index in [2.05, 4.69) is 0 Å². The lowest BCUT2D eigenvalue weighted by Gasteiger charge is -2.25. The first kappa shape index (κ1) is 13.2. The Kier molecular flexibility index (Phi) is 4.50. The molecule has 0 aliphatic heterocycles. The van der Waals surface area contributed by atoms with Crippen LogP contribution in [0.15, 0.2) is 30.3 Å². The highest BCUT2D eigenvalue weighted by Crippen LogP contribution is 2.14. The average Bonchev–Trinajstić information content (AvgIpc) is 2.25. The zero-order valence-electron chi connectivity index (χ0n) is 10.1. The summed E-state index contributed by atoms with van der Waals surface area (Å²) in [6, 6.07) is 9.70. The van der Waals surface area contributed by atoms with E-state index < -0.39 is 10.0 Å². The molecular formula is C12H19NO2S. The van der Waals surface area contributed by atoms with Crippen molar-refractivity contribution in [3.8, 4) is 0 Å². The number of benzene rings is 1. The molecule has 1 unspecified atom stereocenters. The van der Waals surface area contributed by atoms with Crippen LogP contribution in [-0.2, 0) is 16.6 Å². The van der Waals surface area contributed by atoms with Crippen molar-refractivity contribution in [3.05, 3.63) is 35.9 Å². The molecule has 4 heteroatoms. The van der Waals surface area contributed by atoms with Gasteiger partial charge in [-0.1, -0.05) is 37.3 Å². The molecule has 0 radical (unpaired) electrons. The Balaban J connectivity index is 2.88. The molecular weight excluding hydrogens is 222 g/mol. The van der Waals surface area contributed by atoms with E-state index in [9.17, 15) is 8.42 Å². The zero-order chi connectivity index (χ0) is 12.2. The van der Waals surface area contributed by atoms with Gasteiger partial charge in [0.25, 0.3) is 0 Å². The van der Waals surface area contributed by atoms with Crippen molar-refractivity contribution < 1.29 is 8.42 Å². The van der Waals surface area contributed by atoms with Crippen LogP contribution in [0.1, 0.15) is 25.8 Å². The van der Waals surface area contributed by atoms with Crippen molar-refractivity contribution in [1.29, 1.82) is 0 Å². The SMILES string of the molecule is CCC(C)N(Cc1ccccc1)S(C)(=O)=O. The standard InChI is InChI=1S/C12H19NO2S/c1-4-11(2)13(16(3,14)15)10-12-8-6-5-7-9-12/h5-9,11H,4,10H2,1-3H3. The van der Waals surface area contributed by atoms with Crippen molar-refractivity contribution in [2.75, 3.05) is 6.26 Å². The van der Waals surface area contributed by atoms with E-state index in [0.29, 0.717) is 6.54 Å². The van der Waals surface area contributed by atoms with Gasteiger partial charge in [-0.3, -0.25) is 0 Å². The Morgan fingerprint density at radius 3 is 2.25 bits per heavy atom. The molecule has 0 N–H and O–H groups in total. The van der Waals surface area contributed by atoms with Crippen molar-refractivity contribution in [3.63, 3.8) is 0 Å². The normalized spacial score (nSPS) is 14.0. The summed E-state index contributed by atoms with van der Waals surface area (Å²) in [4.78, 5) is 0. The van der Waals surface area contributed by atoms with Gasteiger partial charge < -0.3 is 0 Å². The van der Waals surface area contributed by atoms with Gasteiger partial charge in [0.05, 0.1) is 6.26 Å². The van der Waals surface area contributed by atoms with Gasteiger partial charge in [-0.2, -0.15) is 4.31 Å². The van der Waals surface area contributed by atoms with Gasteiger partial charge in [0.1, 0.15) is 0 Å². The van der Waals surface area contributed by atoms with Crippen LogP contribution in [0.3, 0.4) is 0 Å². The fraction of sp³-hybridized carbons (Fsp3) is 0.500. The molecule has 0 aromatic heterocycles. The molecule has 1 atom stereocenters. The summed E-state index contributed by atoms with van der Waals surface area (Å²) in [7, 11) is -3.14. The molecule has 0 saturated carbocycles. The third-order valence-electron chi connectivity index (χ3n) is 2.69. The first-order valence-electron chi connectivity index (χ1n) is 5.46. The quantitative estimate of drug-likeness (QED) is 0.793. The minimum Gasteiger partial charge on any atom is -0.212 e. The summed E-state index contributed by atoms with van der Waals surface area (Å²) in [5.41, 5.74) is 1.02. The smallest absolute Gasteiger partial charge is 0.211 e. The Hall–Kier alpha value is -0.870. The second-order valence-corrected chi connectivity index (χ2v) is 5.99. The number of nitrogens with zero attached hydrogens (tertiary/aromatic N) is 1. The molecule has 0 bridgehead atoms. The maximum atomic E-state index is 11.7. The van der Waals surface area contributed by atoms with Crippen molar-refractivity contribution in [2.45, 2.75) is 32.9 Å². The van der Waals surface area contributed by atoms with Gasteiger partial charge in [-0.25, -0.2) is 8.42 Å². The summed E-state index contributed by atoms with van der Waals surface area (Å²) in [6.07, 6.45) is 2.09. The zero-order valence-corrected chi connectivity index (χ0v) is 10.9.